The van der Waals surface area contributed by atoms with Crippen LogP contribution >= 0.6 is 11.3 Å². The molecule has 0 N–H and O–H groups in total. The molecule has 0 aliphatic heterocycles. The van der Waals surface area contributed by atoms with Gasteiger partial charge in [0.15, 0.2) is 17.5 Å². The van der Waals surface area contributed by atoms with Crippen LogP contribution in [0.5, 0.6) is 0 Å². The van der Waals surface area contributed by atoms with Gasteiger partial charge in [0.25, 0.3) is 0 Å². The number of fused-ring (bicyclic) bond motifs is 6. The van der Waals surface area contributed by atoms with Gasteiger partial charge in [0.2, 0.25) is 0 Å². The summed E-state index contributed by atoms with van der Waals surface area (Å²) in [4.78, 5) is 15.1. The van der Waals surface area contributed by atoms with Crippen molar-refractivity contribution in [1.82, 2.24) is 19.5 Å². The zero-order chi connectivity index (χ0) is 41.0. The van der Waals surface area contributed by atoms with Gasteiger partial charge in [-0.25, -0.2) is 15.0 Å². The van der Waals surface area contributed by atoms with E-state index in [1.54, 1.807) is 0 Å². The van der Waals surface area contributed by atoms with Gasteiger partial charge < -0.3 is 4.57 Å². The van der Waals surface area contributed by atoms with E-state index < -0.39 is 0 Å². The van der Waals surface area contributed by atoms with E-state index in [9.17, 15) is 0 Å². The van der Waals surface area contributed by atoms with E-state index in [4.69, 9.17) is 15.0 Å². The van der Waals surface area contributed by atoms with Crippen molar-refractivity contribution in [2.24, 2.45) is 0 Å². The Labute approximate surface area is 362 Å². The second kappa shape index (κ2) is 14.9. The number of thiophene rings is 1. The van der Waals surface area contributed by atoms with Gasteiger partial charge in [0.1, 0.15) is 0 Å². The summed E-state index contributed by atoms with van der Waals surface area (Å²) in [6, 6.07) is 77.7. The maximum Gasteiger partial charge on any atom is 0.164 e. The molecule has 12 rings (SSSR count). The maximum atomic E-state index is 5.07. The van der Waals surface area contributed by atoms with E-state index in [1.165, 1.54) is 53.2 Å². The van der Waals surface area contributed by atoms with Gasteiger partial charge in [-0.2, -0.15) is 0 Å². The summed E-state index contributed by atoms with van der Waals surface area (Å²) in [5.74, 6) is 1.92. The highest BCUT2D eigenvalue weighted by atomic mass is 32.1. The van der Waals surface area contributed by atoms with Gasteiger partial charge in [-0.15, -0.1) is 11.3 Å². The molecule has 0 aliphatic carbocycles. The molecule has 290 valence electrons. The Bertz CT molecular complexity index is 3570. The Morgan fingerprint density at radius 3 is 1.61 bits per heavy atom. The van der Waals surface area contributed by atoms with Crippen LogP contribution in [0.2, 0.25) is 0 Å². The van der Waals surface area contributed by atoms with Crippen LogP contribution in [-0.2, 0) is 0 Å². The highest BCUT2D eigenvalue weighted by Gasteiger charge is 2.19. The first-order chi connectivity index (χ1) is 30.7. The molecule has 0 aliphatic rings. The Morgan fingerprint density at radius 2 is 0.855 bits per heavy atom. The molecular weight excluding hydrogens is 773 g/mol. The summed E-state index contributed by atoms with van der Waals surface area (Å²) in [7, 11) is 0. The maximum absolute atomic E-state index is 5.07. The molecular formula is C57H36N4S. The monoisotopic (exact) mass is 808 g/mol. The highest BCUT2D eigenvalue weighted by molar-refractivity contribution is 7.25. The van der Waals surface area contributed by atoms with Crippen molar-refractivity contribution in [3.63, 3.8) is 0 Å². The topological polar surface area (TPSA) is 43.6 Å². The molecule has 12 aromatic rings. The summed E-state index contributed by atoms with van der Waals surface area (Å²) in [5, 5.41) is 5.01. The highest BCUT2D eigenvalue weighted by Crippen LogP contribution is 2.42. The third-order valence-electron chi connectivity index (χ3n) is 11.8. The zero-order valence-electron chi connectivity index (χ0n) is 33.5. The van der Waals surface area contributed by atoms with Gasteiger partial charge in [-0.3, -0.25) is 0 Å². The summed E-state index contributed by atoms with van der Waals surface area (Å²) in [5.41, 5.74) is 13.2. The minimum absolute atomic E-state index is 0.631. The predicted octanol–water partition coefficient (Wildman–Crippen LogP) is 15.3. The van der Waals surface area contributed by atoms with Crippen LogP contribution in [0.3, 0.4) is 0 Å². The number of aromatic nitrogens is 4. The molecule has 0 radical (unpaired) electrons. The molecule has 4 nitrogen and oxygen atoms in total. The molecule has 62 heavy (non-hydrogen) atoms. The van der Waals surface area contributed by atoms with Gasteiger partial charge in [0.05, 0.1) is 11.0 Å². The summed E-state index contributed by atoms with van der Waals surface area (Å²) in [6.45, 7) is 0. The summed E-state index contributed by atoms with van der Waals surface area (Å²) >= 11 is 1.86. The molecule has 0 saturated carbocycles. The lowest BCUT2D eigenvalue weighted by atomic mass is 9.96. The average Bonchev–Trinajstić information content (AvgIpc) is 3.90. The standard InChI is InChI=1S/C57H36N4S/c1-4-15-37(16-5-1)41-30-32-50-49(35-41)54-46(43-22-12-23-44(33-43)57-59-55(38-17-6-2-7-18-38)58-56(60-57)39-19-8-3-9-20-39)26-14-27-51(54)61(50)45-24-13-21-40(34-45)42-29-31-48-47-25-10-11-28-52(47)62-53(48)36-42/h1-36H. The van der Waals surface area contributed by atoms with Crippen molar-refractivity contribution in [3.8, 4) is 73.2 Å². The number of rotatable bonds is 7. The van der Waals surface area contributed by atoms with Gasteiger partial charge in [-0.05, 0) is 81.9 Å². The normalized spacial score (nSPS) is 11.5. The molecule has 0 bridgehead atoms. The van der Waals surface area contributed by atoms with Crippen molar-refractivity contribution in [3.05, 3.63) is 218 Å². The van der Waals surface area contributed by atoms with E-state index in [0.717, 1.165) is 44.5 Å². The van der Waals surface area contributed by atoms with Crippen LogP contribution in [0.25, 0.3) is 115 Å². The fraction of sp³-hybridized carbons (Fsp3) is 0. The lowest BCUT2D eigenvalue weighted by molar-refractivity contribution is 1.07. The Morgan fingerprint density at radius 1 is 0.306 bits per heavy atom. The van der Waals surface area contributed by atoms with Crippen molar-refractivity contribution in [2.75, 3.05) is 0 Å². The molecule has 0 spiro atoms. The van der Waals surface area contributed by atoms with Crippen LogP contribution in [-0.4, -0.2) is 19.5 Å². The minimum atomic E-state index is 0.631. The average molecular weight is 809 g/mol. The summed E-state index contributed by atoms with van der Waals surface area (Å²) in [6.07, 6.45) is 0. The third kappa shape index (κ3) is 6.26. The number of hydrogen-bond acceptors (Lipinski definition) is 4. The van der Waals surface area contributed by atoms with Crippen molar-refractivity contribution < 1.29 is 0 Å². The number of benzene rings is 9. The predicted molar refractivity (Wildman–Crippen MR) is 260 cm³/mol. The first-order valence-corrected chi connectivity index (χ1v) is 21.7. The first kappa shape index (κ1) is 35.9. The molecule has 0 atom stereocenters. The second-order valence-electron chi connectivity index (χ2n) is 15.6. The van der Waals surface area contributed by atoms with E-state index >= 15 is 0 Å². The fourth-order valence-electron chi connectivity index (χ4n) is 8.89. The minimum Gasteiger partial charge on any atom is -0.309 e. The van der Waals surface area contributed by atoms with Crippen molar-refractivity contribution >= 4 is 53.3 Å². The molecule has 0 fully saturated rings. The lowest BCUT2D eigenvalue weighted by Crippen LogP contribution is -2.00. The van der Waals surface area contributed by atoms with E-state index in [2.05, 4.69) is 162 Å². The van der Waals surface area contributed by atoms with Crippen LogP contribution < -0.4 is 0 Å². The van der Waals surface area contributed by atoms with E-state index in [1.807, 2.05) is 72.0 Å². The van der Waals surface area contributed by atoms with Crippen molar-refractivity contribution in [2.45, 2.75) is 0 Å². The summed E-state index contributed by atoms with van der Waals surface area (Å²) < 4.78 is 5.05. The second-order valence-corrected chi connectivity index (χ2v) is 16.7. The van der Waals surface area contributed by atoms with Gasteiger partial charge in [0, 0.05) is 53.3 Å². The zero-order valence-corrected chi connectivity index (χ0v) is 34.3. The van der Waals surface area contributed by atoms with E-state index in [0.29, 0.717) is 17.5 Å². The molecule has 9 aromatic carbocycles. The molecule has 3 heterocycles. The van der Waals surface area contributed by atoms with Crippen molar-refractivity contribution in [1.29, 1.82) is 0 Å². The van der Waals surface area contributed by atoms with Crippen LogP contribution in [0.4, 0.5) is 0 Å². The fourth-order valence-corrected chi connectivity index (χ4v) is 10.0. The van der Waals surface area contributed by atoms with Crippen LogP contribution in [0.15, 0.2) is 218 Å². The molecule has 0 unspecified atom stereocenters. The largest absolute Gasteiger partial charge is 0.309 e. The smallest absolute Gasteiger partial charge is 0.164 e. The molecule has 0 saturated heterocycles. The SMILES string of the molecule is c1ccc(-c2ccc3c(c2)c2c(-c4cccc(-c5nc(-c6ccccc6)nc(-c6ccccc6)n5)c4)cccc2n3-c2cccc(-c3ccc4c(c3)sc3ccccc34)c2)cc1. The number of nitrogens with zero attached hydrogens (tertiary/aromatic N) is 4. The van der Waals surface area contributed by atoms with Crippen LogP contribution in [0, 0.1) is 0 Å². The third-order valence-corrected chi connectivity index (χ3v) is 13.0. The van der Waals surface area contributed by atoms with E-state index in [-0.39, 0.29) is 0 Å². The Balaban J connectivity index is 1.04. The van der Waals surface area contributed by atoms with Gasteiger partial charge in [-0.1, -0.05) is 170 Å². The Hall–Kier alpha value is -7.99. The molecule has 0 amide bonds. The molecule has 3 aromatic heterocycles. The molecule has 5 heteroatoms. The van der Waals surface area contributed by atoms with Gasteiger partial charge >= 0.3 is 0 Å². The van der Waals surface area contributed by atoms with Crippen LogP contribution in [0.1, 0.15) is 0 Å². The number of hydrogen-bond donors (Lipinski definition) is 0. The Kier molecular flexibility index (Phi) is 8.65. The first-order valence-electron chi connectivity index (χ1n) is 20.8. The quantitative estimate of drug-likeness (QED) is 0.161. The lowest BCUT2D eigenvalue weighted by Gasteiger charge is -2.12.